The third-order valence-corrected chi connectivity index (χ3v) is 5.12. The lowest BCUT2D eigenvalue weighted by molar-refractivity contribution is -0.117. The first kappa shape index (κ1) is 15.7. The fourth-order valence-corrected chi connectivity index (χ4v) is 3.40. The zero-order chi connectivity index (χ0) is 16.4. The number of rotatable bonds is 5. The number of carbonyl (C=O) groups excluding carboxylic acids is 2. The Bertz CT molecular complexity index is 720. The molecule has 2 aromatic rings. The highest BCUT2D eigenvalue weighted by Gasteiger charge is 2.30. The summed E-state index contributed by atoms with van der Waals surface area (Å²) in [6.07, 6.45) is 1.94. The topological polar surface area (TPSA) is 58.2 Å². The van der Waals surface area contributed by atoms with E-state index in [-0.39, 0.29) is 23.8 Å². The van der Waals surface area contributed by atoms with Crippen LogP contribution in [0.25, 0.3) is 0 Å². The number of hydrogen-bond acceptors (Lipinski definition) is 3. The number of hydrogen-bond donors (Lipinski definition) is 2. The molecule has 1 heterocycles. The fourth-order valence-electron chi connectivity index (χ4n) is 2.43. The summed E-state index contributed by atoms with van der Waals surface area (Å²) in [7, 11) is 0. The Balaban J connectivity index is 1.67. The van der Waals surface area contributed by atoms with Gasteiger partial charge in [-0.3, -0.25) is 9.59 Å². The molecular formula is C18H20N2O2S. The molecule has 4 nitrogen and oxygen atoms in total. The lowest BCUT2D eigenvalue weighted by atomic mass is 10.1. The molecule has 0 bridgehead atoms. The average molecular weight is 328 g/mol. The molecule has 1 atom stereocenters. The quantitative estimate of drug-likeness (QED) is 0.874. The first-order valence-corrected chi connectivity index (χ1v) is 8.63. The van der Waals surface area contributed by atoms with E-state index in [0.29, 0.717) is 4.88 Å². The molecule has 1 aliphatic rings. The van der Waals surface area contributed by atoms with Crippen molar-refractivity contribution in [3.63, 3.8) is 0 Å². The zero-order valence-electron chi connectivity index (χ0n) is 13.3. The predicted octanol–water partition coefficient (Wildman–Crippen LogP) is 3.90. The molecule has 0 spiro atoms. The lowest BCUT2D eigenvalue weighted by Gasteiger charge is -2.13. The second kappa shape index (κ2) is 6.54. The molecule has 2 N–H and O–H groups in total. The maximum absolute atomic E-state index is 12.5. The summed E-state index contributed by atoms with van der Waals surface area (Å²) in [5.74, 6) is 0.124. The first-order chi connectivity index (χ1) is 11.0. The Kier molecular flexibility index (Phi) is 4.48. The highest BCUT2D eigenvalue weighted by Crippen LogP contribution is 2.33. The standard InChI is InChI=1S/C18H20N2O2S/c1-11-10-15(20-17(21)14-8-9-14)23-16(11)18(22)19-12(2)13-6-4-3-5-7-13/h3-7,10,12,14H,8-9H2,1-2H3,(H,19,22)(H,20,21)/t12-/m0/s1. The van der Waals surface area contributed by atoms with Gasteiger partial charge in [-0.1, -0.05) is 30.3 Å². The molecular weight excluding hydrogens is 308 g/mol. The van der Waals surface area contributed by atoms with E-state index in [9.17, 15) is 9.59 Å². The van der Waals surface area contributed by atoms with Crippen molar-refractivity contribution in [1.82, 2.24) is 5.32 Å². The van der Waals surface area contributed by atoms with Crippen LogP contribution in [0.5, 0.6) is 0 Å². The van der Waals surface area contributed by atoms with Gasteiger partial charge in [0.25, 0.3) is 5.91 Å². The normalized spacial score (nSPS) is 15.0. The number of anilines is 1. The van der Waals surface area contributed by atoms with Gasteiger partial charge in [-0.2, -0.15) is 0 Å². The van der Waals surface area contributed by atoms with Crippen LogP contribution >= 0.6 is 11.3 Å². The lowest BCUT2D eigenvalue weighted by Crippen LogP contribution is -2.26. The van der Waals surface area contributed by atoms with E-state index in [1.165, 1.54) is 11.3 Å². The van der Waals surface area contributed by atoms with Gasteiger partial charge in [0, 0.05) is 5.92 Å². The Morgan fingerprint density at radius 3 is 2.57 bits per heavy atom. The minimum Gasteiger partial charge on any atom is -0.345 e. The van der Waals surface area contributed by atoms with Crippen molar-refractivity contribution < 1.29 is 9.59 Å². The molecule has 1 fully saturated rings. The zero-order valence-corrected chi connectivity index (χ0v) is 14.1. The Hall–Kier alpha value is -2.14. The van der Waals surface area contributed by atoms with Gasteiger partial charge in [-0.05, 0) is 43.9 Å². The fraction of sp³-hybridized carbons (Fsp3) is 0.333. The maximum Gasteiger partial charge on any atom is 0.262 e. The van der Waals surface area contributed by atoms with Crippen LogP contribution in [-0.2, 0) is 4.79 Å². The number of amides is 2. The van der Waals surface area contributed by atoms with Crippen molar-refractivity contribution >= 4 is 28.2 Å². The van der Waals surface area contributed by atoms with Crippen LogP contribution in [-0.4, -0.2) is 11.8 Å². The Labute approximate surface area is 139 Å². The molecule has 5 heteroatoms. The molecule has 3 rings (SSSR count). The van der Waals surface area contributed by atoms with Crippen molar-refractivity contribution in [3.8, 4) is 0 Å². The van der Waals surface area contributed by atoms with Gasteiger partial charge in [0.05, 0.1) is 15.9 Å². The summed E-state index contributed by atoms with van der Waals surface area (Å²) in [5.41, 5.74) is 1.95. The summed E-state index contributed by atoms with van der Waals surface area (Å²) in [6, 6.07) is 11.7. The van der Waals surface area contributed by atoms with Crippen LogP contribution in [0, 0.1) is 12.8 Å². The number of nitrogens with one attached hydrogen (secondary N) is 2. The van der Waals surface area contributed by atoms with Crippen LogP contribution in [0.4, 0.5) is 5.00 Å². The van der Waals surface area contributed by atoms with Crippen LogP contribution < -0.4 is 10.6 Å². The van der Waals surface area contributed by atoms with Crippen molar-refractivity contribution in [1.29, 1.82) is 0 Å². The van der Waals surface area contributed by atoms with Crippen molar-refractivity contribution in [2.45, 2.75) is 32.7 Å². The largest absolute Gasteiger partial charge is 0.345 e. The number of aryl methyl sites for hydroxylation is 1. The molecule has 0 unspecified atom stereocenters. The van der Waals surface area contributed by atoms with E-state index in [0.717, 1.165) is 29.0 Å². The molecule has 1 aliphatic carbocycles. The minimum atomic E-state index is -0.101. The number of benzene rings is 1. The summed E-state index contributed by atoms with van der Waals surface area (Å²) >= 11 is 1.33. The predicted molar refractivity (Wildman–Crippen MR) is 92.7 cm³/mol. The maximum atomic E-state index is 12.5. The molecule has 2 amide bonds. The summed E-state index contributed by atoms with van der Waals surface area (Å²) in [4.78, 5) is 25.0. The van der Waals surface area contributed by atoms with E-state index < -0.39 is 0 Å². The van der Waals surface area contributed by atoms with Gasteiger partial charge in [0.2, 0.25) is 5.91 Å². The Morgan fingerprint density at radius 1 is 1.22 bits per heavy atom. The van der Waals surface area contributed by atoms with Crippen LogP contribution in [0.3, 0.4) is 0 Å². The molecule has 23 heavy (non-hydrogen) atoms. The van der Waals surface area contributed by atoms with Gasteiger partial charge in [0.15, 0.2) is 0 Å². The summed E-state index contributed by atoms with van der Waals surface area (Å²) in [6.45, 7) is 3.86. The molecule has 0 aliphatic heterocycles. The van der Waals surface area contributed by atoms with Gasteiger partial charge < -0.3 is 10.6 Å². The highest BCUT2D eigenvalue weighted by molar-refractivity contribution is 7.18. The van der Waals surface area contributed by atoms with Gasteiger partial charge >= 0.3 is 0 Å². The summed E-state index contributed by atoms with van der Waals surface area (Å²) in [5, 5.41) is 6.67. The van der Waals surface area contributed by atoms with Crippen molar-refractivity contribution in [3.05, 3.63) is 52.4 Å². The molecule has 0 radical (unpaired) electrons. The van der Waals surface area contributed by atoms with Crippen LogP contribution in [0.2, 0.25) is 0 Å². The molecule has 1 aromatic heterocycles. The smallest absolute Gasteiger partial charge is 0.262 e. The molecule has 0 saturated heterocycles. The second-order valence-corrected chi connectivity index (χ2v) is 7.04. The average Bonchev–Trinajstić information content (AvgIpc) is 3.32. The van der Waals surface area contributed by atoms with Crippen LogP contribution in [0.1, 0.15) is 46.6 Å². The monoisotopic (exact) mass is 328 g/mol. The SMILES string of the molecule is Cc1cc(NC(=O)C2CC2)sc1C(=O)N[C@@H](C)c1ccccc1. The first-order valence-electron chi connectivity index (χ1n) is 7.81. The van der Waals surface area contributed by atoms with E-state index in [2.05, 4.69) is 10.6 Å². The third-order valence-electron chi connectivity index (χ3n) is 3.97. The van der Waals surface area contributed by atoms with Gasteiger partial charge in [0.1, 0.15) is 0 Å². The van der Waals surface area contributed by atoms with E-state index in [1.807, 2.05) is 50.2 Å². The van der Waals surface area contributed by atoms with Gasteiger partial charge in [-0.15, -0.1) is 11.3 Å². The third kappa shape index (κ3) is 3.79. The van der Waals surface area contributed by atoms with E-state index >= 15 is 0 Å². The van der Waals surface area contributed by atoms with Crippen molar-refractivity contribution in [2.75, 3.05) is 5.32 Å². The number of carbonyl (C=O) groups is 2. The van der Waals surface area contributed by atoms with Gasteiger partial charge in [-0.25, -0.2) is 0 Å². The van der Waals surface area contributed by atoms with Crippen molar-refractivity contribution in [2.24, 2.45) is 5.92 Å². The molecule has 120 valence electrons. The Morgan fingerprint density at radius 2 is 1.91 bits per heavy atom. The second-order valence-electron chi connectivity index (χ2n) is 5.99. The minimum absolute atomic E-state index is 0.0605. The molecule has 1 saturated carbocycles. The van der Waals surface area contributed by atoms with Crippen LogP contribution in [0.15, 0.2) is 36.4 Å². The number of thiophene rings is 1. The summed E-state index contributed by atoms with van der Waals surface area (Å²) < 4.78 is 0. The van der Waals surface area contributed by atoms with E-state index in [4.69, 9.17) is 0 Å². The molecule has 1 aromatic carbocycles. The highest BCUT2D eigenvalue weighted by atomic mass is 32.1. The van der Waals surface area contributed by atoms with E-state index in [1.54, 1.807) is 0 Å².